The average molecular weight is 296 g/mol. The second-order valence-corrected chi connectivity index (χ2v) is 6.13. The molecule has 0 radical (unpaired) electrons. The highest BCUT2D eigenvalue weighted by molar-refractivity contribution is 7.89. The van der Waals surface area contributed by atoms with E-state index in [2.05, 4.69) is 10.6 Å². The molecule has 1 aromatic rings. The fraction of sp³-hybridized carbons (Fsp3) is 0.385. The third kappa shape index (κ3) is 3.15. The monoisotopic (exact) mass is 296 g/mol. The van der Waals surface area contributed by atoms with E-state index < -0.39 is 14.9 Å². The van der Waals surface area contributed by atoms with E-state index in [1.807, 2.05) is 0 Å². The lowest BCUT2D eigenvalue weighted by Gasteiger charge is -2.13. The van der Waals surface area contributed by atoms with Crippen molar-refractivity contribution in [1.82, 2.24) is 4.72 Å². The quantitative estimate of drug-likeness (QED) is 0.388. The number of benzene rings is 1. The third-order valence-electron chi connectivity index (χ3n) is 2.87. The number of aryl methyl sites for hydroxylation is 2. The standard InChI is InChI=1S/C13H16N2O4S/c1-5-6-7-14-20(18,19)13-10(3)8-9(2)12(11(13)4)15(16)17/h1,8,14H,6-7H2,2-4H3. The number of hydrogen-bond acceptors (Lipinski definition) is 4. The van der Waals surface area contributed by atoms with Gasteiger partial charge >= 0.3 is 0 Å². The second-order valence-electron chi connectivity index (χ2n) is 4.42. The Morgan fingerprint density at radius 2 is 1.95 bits per heavy atom. The smallest absolute Gasteiger partial charge is 0.258 e. The highest BCUT2D eigenvalue weighted by Gasteiger charge is 2.27. The molecule has 0 heterocycles. The van der Waals surface area contributed by atoms with E-state index >= 15 is 0 Å². The van der Waals surface area contributed by atoms with Crippen molar-refractivity contribution in [3.8, 4) is 12.3 Å². The van der Waals surface area contributed by atoms with Crippen molar-refractivity contribution in [2.45, 2.75) is 32.1 Å². The first-order valence-corrected chi connectivity index (χ1v) is 7.39. The molecule has 0 aliphatic carbocycles. The van der Waals surface area contributed by atoms with E-state index in [0.717, 1.165) is 0 Å². The number of terminal acetylenes is 1. The SMILES string of the molecule is C#CCCNS(=O)(=O)c1c(C)cc(C)c([N+](=O)[O-])c1C. The minimum Gasteiger partial charge on any atom is -0.258 e. The molecule has 0 saturated heterocycles. The Morgan fingerprint density at radius 3 is 2.45 bits per heavy atom. The second kappa shape index (κ2) is 6.03. The van der Waals surface area contributed by atoms with Crippen molar-refractivity contribution in [2.24, 2.45) is 0 Å². The van der Waals surface area contributed by atoms with E-state index in [0.29, 0.717) is 11.1 Å². The maximum atomic E-state index is 12.2. The average Bonchev–Trinajstić information content (AvgIpc) is 2.26. The van der Waals surface area contributed by atoms with Crippen LogP contribution >= 0.6 is 0 Å². The van der Waals surface area contributed by atoms with E-state index in [4.69, 9.17) is 6.42 Å². The summed E-state index contributed by atoms with van der Waals surface area (Å²) in [5.74, 6) is 2.32. The van der Waals surface area contributed by atoms with Crippen LogP contribution in [0.4, 0.5) is 5.69 Å². The summed E-state index contributed by atoms with van der Waals surface area (Å²) in [4.78, 5) is 10.4. The molecule has 0 aromatic heterocycles. The van der Waals surface area contributed by atoms with Gasteiger partial charge in [-0.05, 0) is 32.4 Å². The van der Waals surface area contributed by atoms with Gasteiger partial charge in [0.05, 0.1) is 9.82 Å². The van der Waals surface area contributed by atoms with Crippen molar-refractivity contribution in [3.63, 3.8) is 0 Å². The number of sulfonamides is 1. The van der Waals surface area contributed by atoms with Crippen molar-refractivity contribution in [2.75, 3.05) is 6.54 Å². The number of nitro groups is 1. The Kier molecular flexibility index (Phi) is 4.87. The van der Waals surface area contributed by atoms with Gasteiger partial charge < -0.3 is 0 Å². The summed E-state index contributed by atoms with van der Waals surface area (Å²) in [7, 11) is -3.82. The zero-order valence-corrected chi connectivity index (χ0v) is 12.4. The van der Waals surface area contributed by atoms with Crippen molar-refractivity contribution >= 4 is 15.7 Å². The molecule has 20 heavy (non-hydrogen) atoms. The molecule has 108 valence electrons. The molecule has 6 nitrogen and oxygen atoms in total. The summed E-state index contributed by atoms with van der Waals surface area (Å²) < 4.78 is 26.8. The molecule has 0 amide bonds. The first kappa shape index (κ1) is 16.1. The molecular weight excluding hydrogens is 280 g/mol. The number of nitro benzene ring substituents is 1. The highest BCUT2D eigenvalue weighted by Crippen LogP contribution is 2.31. The molecule has 0 fully saturated rings. The van der Waals surface area contributed by atoms with Gasteiger partial charge in [-0.25, -0.2) is 13.1 Å². The van der Waals surface area contributed by atoms with Gasteiger partial charge in [0.15, 0.2) is 0 Å². The maximum absolute atomic E-state index is 12.2. The number of hydrogen-bond donors (Lipinski definition) is 1. The minimum atomic E-state index is -3.82. The molecule has 0 bridgehead atoms. The Hall–Kier alpha value is -1.91. The lowest BCUT2D eigenvalue weighted by Crippen LogP contribution is -2.26. The van der Waals surface area contributed by atoms with Crippen LogP contribution < -0.4 is 4.72 Å². The lowest BCUT2D eigenvalue weighted by molar-refractivity contribution is -0.386. The molecule has 0 saturated carbocycles. The van der Waals surface area contributed by atoms with Crippen LogP contribution in [0.2, 0.25) is 0 Å². The molecule has 0 spiro atoms. The van der Waals surface area contributed by atoms with Gasteiger partial charge in [-0.15, -0.1) is 12.3 Å². The van der Waals surface area contributed by atoms with Crippen molar-refractivity contribution in [1.29, 1.82) is 0 Å². The fourth-order valence-corrected chi connectivity index (χ4v) is 3.68. The summed E-state index contributed by atoms with van der Waals surface area (Å²) in [6.07, 6.45) is 5.32. The third-order valence-corrected chi connectivity index (χ3v) is 4.62. The molecular formula is C13H16N2O4S. The normalized spacial score (nSPS) is 11.1. The van der Waals surface area contributed by atoms with E-state index in [9.17, 15) is 18.5 Å². The highest BCUT2D eigenvalue weighted by atomic mass is 32.2. The summed E-state index contributed by atoms with van der Waals surface area (Å²) in [6.45, 7) is 4.73. The van der Waals surface area contributed by atoms with Gasteiger partial charge in [-0.2, -0.15) is 0 Å². The Labute approximate surface area is 118 Å². The van der Waals surface area contributed by atoms with E-state index in [-0.39, 0.29) is 29.1 Å². The minimum absolute atomic E-state index is 0.0492. The lowest BCUT2D eigenvalue weighted by atomic mass is 10.1. The van der Waals surface area contributed by atoms with E-state index in [1.165, 1.54) is 13.0 Å². The molecule has 0 aliphatic rings. The summed E-state index contributed by atoms with van der Waals surface area (Å²) in [5, 5.41) is 11.1. The number of rotatable bonds is 5. The Bertz CT molecular complexity index is 687. The van der Waals surface area contributed by atoms with Crippen LogP contribution in [0.3, 0.4) is 0 Å². The number of nitrogens with zero attached hydrogens (tertiary/aromatic N) is 1. The molecule has 0 aliphatic heterocycles. The fourth-order valence-electron chi connectivity index (χ4n) is 2.18. The molecule has 1 N–H and O–H groups in total. The number of nitrogens with one attached hydrogen (secondary N) is 1. The van der Waals surface area contributed by atoms with Crippen LogP contribution in [0.1, 0.15) is 23.1 Å². The molecule has 0 unspecified atom stereocenters. The molecule has 1 aromatic carbocycles. The van der Waals surface area contributed by atoms with Gasteiger partial charge in [0.25, 0.3) is 5.69 Å². The van der Waals surface area contributed by atoms with Gasteiger partial charge in [0.1, 0.15) is 0 Å². The van der Waals surface area contributed by atoms with E-state index in [1.54, 1.807) is 13.8 Å². The van der Waals surface area contributed by atoms with Gasteiger partial charge in [0, 0.05) is 24.1 Å². The largest absolute Gasteiger partial charge is 0.276 e. The Morgan fingerprint density at radius 1 is 1.35 bits per heavy atom. The van der Waals surface area contributed by atoms with Crippen molar-refractivity contribution in [3.05, 3.63) is 32.9 Å². The van der Waals surface area contributed by atoms with Gasteiger partial charge in [-0.1, -0.05) is 0 Å². The summed E-state index contributed by atoms with van der Waals surface area (Å²) >= 11 is 0. The molecule has 0 atom stereocenters. The topological polar surface area (TPSA) is 89.3 Å². The van der Waals surface area contributed by atoms with Gasteiger partial charge in [0.2, 0.25) is 10.0 Å². The van der Waals surface area contributed by atoms with Crippen LogP contribution in [-0.2, 0) is 10.0 Å². The van der Waals surface area contributed by atoms with Crippen LogP contribution in [0.15, 0.2) is 11.0 Å². The molecule has 7 heteroatoms. The van der Waals surface area contributed by atoms with Crippen LogP contribution in [0.5, 0.6) is 0 Å². The van der Waals surface area contributed by atoms with Crippen molar-refractivity contribution < 1.29 is 13.3 Å². The molecule has 1 rings (SSSR count). The predicted octanol–water partition coefficient (Wildman–Crippen LogP) is 1.82. The zero-order valence-electron chi connectivity index (χ0n) is 11.6. The maximum Gasteiger partial charge on any atom is 0.276 e. The van der Waals surface area contributed by atoms with Crippen LogP contribution in [0, 0.1) is 43.2 Å². The van der Waals surface area contributed by atoms with Crippen LogP contribution in [-0.4, -0.2) is 19.9 Å². The predicted molar refractivity (Wildman–Crippen MR) is 75.9 cm³/mol. The zero-order chi connectivity index (χ0) is 15.5. The summed E-state index contributed by atoms with van der Waals surface area (Å²) in [5.41, 5.74) is 0.875. The van der Waals surface area contributed by atoms with Gasteiger partial charge in [-0.3, -0.25) is 10.1 Å². The first-order valence-electron chi connectivity index (χ1n) is 5.90. The first-order chi connectivity index (χ1) is 9.22. The Balaban J connectivity index is 3.43. The summed E-state index contributed by atoms with van der Waals surface area (Å²) in [6, 6.07) is 1.50. The van der Waals surface area contributed by atoms with Crippen LogP contribution in [0.25, 0.3) is 0 Å².